The summed E-state index contributed by atoms with van der Waals surface area (Å²) in [5, 5.41) is 3.55. The number of benzene rings is 5. The van der Waals surface area contributed by atoms with Crippen LogP contribution in [0.5, 0.6) is 0 Å². The molecule has 0 aliphatic carbocycles. The van der Waals surface area contributed by atoms with E-state index < -0.39 is 14.0 Å². The van der Waals surface area contributed by atoms with Crippen molar-refractivity contribution in [3.05, 3.63) is 145 Å². The molecule has 0 aliphatic rings. The van der Waals surface area contributed by atoms with Crippen molar-refractivity contribution in [2.24, 2.45) is 0 Å². The van der Waals surface area contributed by atoms with Gasteiger partial charge in [-0.05, 0) is 52.2 Å². The van der Waals surface area contributed by atoms with Gasteiger partial charge in [0.05, 0.1) is 30.5 Å². The SMILES string of the molecule is CC(C)(C)c1ccc(-n2c(-c3[c-]ccc4c3oc3ccccc34)nc3ccccc32)cc1.[2H]C(C)(C)c1c[c-]c(-c2ccc([Si](C)(C)C)cn2)cc1.[Ir]. The Balaban J connectivity index is 0.000000199. The molecule has 3 aromatic heterocycles. The number of hydrogen-bond donors (Lipinski definition) is 0. The monoisotopic (exact) mass is 877 g/mol. The van der Waals surface area contributed by atoms with Gasteiger partial charge in [-0.1, -0.05) is 126 Å². The molecule has 0 saturated carbocycles. The molecule has 0 atom stereocenters. The fraction of sp³-hybridized carbons (Fsp3) is 0.217. The van der Waals surface area contributed by atoms with Crippen molar-refractivity contribution >= 4 is 46.2 Å². The van der Waals surface area contributed by atoms with Gasteiger partial charge in [0.25, 0.3) is 0 Å². The molecule has 0 fully saturated rings. The Morgan fingerprint density at radius 3 is 2.19 bits per heavy atom. The van der Waals surface area contributed by atoms with Crippen molar-refractivity contribution in [2.45, 2.75) is 65.6 Å². The zero-order valence-electron chi connectivity index (χ0n) is 32.1. The molecule has 0 N–H and O–H groups in total. The predicted molar refractivity (Wildman–Crippen MR) is 217 cm³/mol. The van der Waals surface area contributed by atoms with Crippen LogP contribution < -0.4 is 5.19 Å². The first kappa shape index (κ1) is 35.8. The van der Waals surface area contributed by atoms with E-state index in [9.17, 15) is 0 Å². The van der Waals surface area contributed by atoms with Gasteiger partial charge in [-0.25, -0.2) is 0 Å². The minimum Gasteiger partial charge on any atom is -0.501 e. The van der Waals surface area contributed by atoms with Crippen LogP contribution in [-0.2, 0) is 25.5 Å². The molecule has 0 amide bonds. The minimum atomic E-state index is -1.29. The van der Waals surface area contributed by atoms with Crippen LogP contribution in [0.2, 0.25) is 19.6 Å². The molecule has 0 saturated heterocycles. The first-order chi connectivity index (χ1) is 24.7. The van der Waals surface area contributed by atoms with Crippen molar-refractivity contribution in [2.75, 3.05) is 0 Å². The predicted octanol–water partition coefficient (Wildman–Crippen LogP) is 11.9. The number of para-hydroxylation sites is 3. The number of fused-ring (bicyclic) bond motifs is 4. The largest absolute Gasteiger partial charge is 0.501 e. The molecule has 52 heavy (non-hydrogen) atoms. The number of pyridine rings is 1. The van der Waals surface area contributed by atoms with Gasteiger partial charge in [-0.15, -0.1) is 53.6 Å². The summed E-state index contributed by atoms with van der Waals surface area (Å²) in [6, 6.07) is 46.0. The molecule has 4 nitrogen and oxygen atoms in total. The standard InChI is InChI=1S/C29H23N2O.C17H22NSi.Ir/c1-29(2,3)19-15-17-20(18-16-19)31-25-13-6-5-12-24(25)30-28(31)23-11-8-10-22-21-9-4-7-14-26(21)32-27(22)23;1-13(2)14-6-8-15(9-7-14)17-11-10-16(12-18-17)19(3,4)5;/h4-10,12-18H,1-3H3;6-8,10-13H,1-5H3;/q2*-1;/i;13D;. The van der Waals surface area contributed by atoms with Crippen LogP contribution in [-0.4, -0.2) is 22.6 Å². The molecular formula is C46H45IrN3OSi-2. The van der Waals surface area contributed by atoms with Crippen molar-refractivity contribution in [3.8, 4) is 28.3 Å². The van der Waals surface area contributed by atoms with Gasteiger partial charge in [0, 0.05) is 38.7 Å². The summed E-state index contributed by atoms with van der Waals surface area (Å²) in [4.78, 5) is 9.59. The average Bonchev–Trinajstić information content (AvgIpc) is 3.70. The number of imidazole rings is 1. The van der Waals surface area contributed by atoms with Crippen LogP contribution in [0.4, 0.5) is 0 Å². The number of aromatic nitrogens is 3. The Bertz CT molecular complexity index is 2440. The molecule has 1 radical (unpaired) electrons. The van der Waals surface area contributed by atoms with Gasteiger partial charge in [0.2, 0.25) is 0 Å². The Kier molecular flexibility index (Phi) is 10.2. The second kappa shape index (κ2) is 14.8. The quantitative estimate of drug-likeness (QED) is 0.128. The topological polar surface area (TPSA) is 43.9 Å². The summed E-state index contributed by atoms with van der Waals surface area (Å²) >= 11 is 0. The van der Waals surface area contributed by atoms with E-state index in [4.69, 9.17) is 10.8 Å². The first-order valence-electron chi connectivity index (χ1n) is 18.1. The Labute approximate surface area is 323 Å². The molecule has 0 aliphatic heterocycles. The van der Waals surface area contributed by atoms with E-state index in [-0.39, 0.29) is 25.5 Å². The van der Waals surface area contributed by atoms with Crippen LogP contribution in [0.1, 0.15) is 53.0 Å². The Hall–Kier alpha value is -4.61. The Morgan fingerprint density at radius 1 is 0.808 bits per heavy atom. The molecule has 0 unspecified atom stereocenters. The van der Waals surface area contributed by atoms with E-state index in [2.05, 4.69) is 129 Å². The Morgan fingerprint density at radius 2 is 1.54 bits per heavy atom. The summed E-state index contributed by atoms with van der Waals surface area (Å²) in [6.45, 7) is 17.4. The van der Waals surface area contributed by atoms with E-state index in [1.54, 1.807) is 0 Å². The van der Waals surface area contributed by atoms with Crippen LogP contribution in [0.3, 0.4) is 0 Å². The second-order valence-electron chi connectivity index (χ2n) is 15.4. The third kappa shape index (κ3) is 7.47. The van der Waals surface area contributed by atoms with Crippen molar-refractivity contribution < 1.29 is 25.9 Å². The second-order valence-corrected chi connectivity index (χ2v) is 20.5. The molecule has 0 bridgehead atoms. The van der Waals surface area contributed by atoms with Crippen LogP contribution in [0.25, 0.3) is 61.3 Å². The van der Waals surface area contributed by atoms with Crippen molar-refractivity contribution in [3.63, 3.8) is 0 Å². The summed E-state index contributed by atoms with van der Waals surface area (Å²) in [7, 11) is -1.29. The van der Waals surface area contributed by atoms with Gasteiger partial charge >= 0.3 is 0 Å². The fourth-order valence-electron chi connectivity index (χ4n) is 6.31. The summed E-state index contributed by atoms with van der Waals surface area (Å²) in [6.07, 6.45) is 2.00. The summed E-state index contributed by atoms with van der Waals surface area (Å²) in [5.41, 5.74) is 9.96. The molecule has 8 rings (SSSR count). The number of nitrogens with zero attached hydrogens (tertiary/aromatic N) is 3. The first-order valence-corrected chi connectivity index (χ1v) is 21.1. The van der Waals surface area contributed by atoms with Crippen LogP contribution in [0, 0.1) is 12.1 Å². The van der Waals surface area contributed by atoms with E-state index >= 15 is 0 Å². The van der Waals surface area contributed by atoms with E-state index in [1.165, 1.54) is 10.8 Å². The maximum absolute atomic E-state index is 8.01. The molecule has 6 heteroatoms. The number of furan rings is 1. The average molecular weight is 877 g/mol. The molecule has 3 heterocycles. The van der Waals surface area contributed by atoms with Gasteiger partial charge in [0.1, 0.15) is 5.58 Å². The van der Waals surface area contributed by atoms with Crippen molar-refractivity contribution in [1.29, 1.82) is 0 Å². The molecule has 8 aromatic rings. The van der Waals surface area contributed by atoms with Gasteiger partial charge in [0.15, 0.2) is 0 Å². The van der Waals surface area contributed by atoms with Crippen molar-refractivity contribution in [1.82, 2.24) is 14.5 Å². The third-order valence-electron chi connectivity index (χ3n) is 9.41. The normalized spacial score (nSPS) is 12.3. The van der Waals surface area contributed by atoms with E-state index in [0.717, 1.165) is 66.9 Å². The molecule has 5 aromatic carbocycles. The van der Waals surface area contributed by atoms with Gasteiger partial charge in [-0.3, -0.25) is 4.98 Å². The number of hydrogen-bond acceptors (Lipinski definition) is 3. The van der Waals surface area contributed by atoms with Gasteiger partial charge in [-0.2, -0.15) is 0 Å². The maximum atomic E-state index is 8.01. The molecule has 0 spiro atoms. The van der Waals surface area contributed by atoms with Crippen LogP contribution in [0.15, 0.2) is 126 Å². The minimum absolute atomic E-state index is 0. The molecule has 265 valence electrons. The molecular weight excluding hydrogens is 831 g/mol. The zero-order chi connectivity index (χ0) is 36.8. The van der Waals surface area contributed by atoms with Crippen LogP contribution >= 0.6 is 0 Å². The third-order valence-corrected chi connectivity index (χ3v) is 11.4. The summed E-state index contributed by atoms with van der Waals surface area (Å²) in [5.74, 6) is 0.254. The smallest absolute Gasteiger partial charge is 0.120 e. The number of rotatable bonds is 5. The summed E-state index contributed by atoms with van der Waals surface area (Å²) < 4.78 is 16.5. The van der Waals surface area contributed by atoms with E-state index in [0.29, 0.717) is 0 Å². The maximum Gasteiger partial charge on any atom is 0.120 e. The van der Waals surface area contributed by atoms with Gasteiger partial charge < -0.3 is 14.0 Å². The fourth-order valence-corrected chi connectivity index (χ4v) is 7.35. The zero-order valence-corrected chi connectivity index (χ0v) is 34.5. The van der Waals surface area contributed by atoms with E-state index in [1.807, 2.05) is 68.6 Å².